The molecule has 3 heterocycles. The zero-order valence-corrected chi connectivity index (χ0v) is 22.0. The standard InChI is InChI=1S/C27H37N3O5S/c1-4-15-29(19-11-9-18(10-12-19)28(5-2)6-3)25(33)23-27-14-13-20(36-27)21(26(34)35)22(27)24(32)30(23)16-7-8-17-31/h4,9-12,20-23,31H,1,5-8,13-17H2,2-3H3,(H,34,35)/t20-,21+,22+,23?,27?/m1/s1. The molecular formula is C27H37N3O5S. The van der Waals surface area contributed by atoms with Crippen molar-refractivity contribution in [1.29, 1.82) is 0 Å². The van der Waals surface area contributed by atoms with Crippen LogP contribution in [0.2, 0.25) is 0 Å². The highest BCUT2D eigenvalue weighted by molar-refractivity contribution is 8.02. The van der Waals surface area contributed by atoms with Crippen molar-refractivity contribution in [1.82, 2.24) is 4.90 Å². The molecule has 3 aliphatic rings. The Morgan fingerprint density at radius 3 is 2.44 bits per heavy atom. The van der Waals surface area contributed by atoms with E-state index in [1.165, 1.54) is 11.8 Å². The summed E-state index contributed by atoms with van der Waals surface area (Å²) in [6.45, 7) is 10.4. The van der Waals surface area contributed by atoms with E-state index in [4.69, 9.17) is 0 Å². The maximum Gasteiger partial charge on any atom is 0.308 e. The van der Waals surface area contributed by atoms with E-state index in [1.54, 1.807) is 15.9 Å². The summed E-state index contributed by atoms with van der Waals surface area (Å²) >= 11 is 1.54. The van der Waals surface area contributed by atoms with Gasteiger partial charge in [-0.3, -0.25) is 14.4 Å². The number of carboxylic acid groups (broad SMARTS) is 1. The lowest BCUT2D eigenvalue weighted by Crippen LogP contribution is -2.55. The van der Waals surface area contributed by atoms with Gasteiger partial charge in [0.2, 0.25) is 5.91 Å². The van der Waals surface area contributed by atoms with Gasteiger partial charge in [-0.1, -0.05) is 6.08 Å². The Morgan fingerprint density at radius 1 is 1.19 bits per heavy atom. The molecule has 0 aliphatic carbocycles. The van der Waals surface area contributed by atoms with Crippen LogP contribution >= 0.6 is 11.8 Å². The Hall–Kier alpha value is -2.52. The predicted octanol–water partition coefficient (Wildman–Crippen LogP) is 3.00. The number of hydrogen-bond donors (Lipinski definition) is 2. The molecule has 3 saturated heterocycles. The number of carbonyl (C=O) groups excluding carboxylic acids is 2. The first-order valence-electron chi connectivity index (χ1n) is 12.9. The zero-order chi connectivity index (χ0) is 26.0. The lowest BCUT2D eigenvalue weighted by molar-refractivity contribution is -0.148. The molecule has 3 aliphatic heterocycles. The van der Waals surface area contributed by atoms with Crippen LogP contribution in [0.1, 0.15) is 39.5 Å². The Labute approximate surface area is 217 Å². The quantitative estimate of drug-likeness (QED) is 0.326. The fourth-order valence-electron chi connectivity index (χ4n) is 6.38. The van der Waals surface area contributed by atoms with Gasteiger partial charge in [-0.05, 0) is 63.8 Å². The number of aliphatic hydroxyl groups is 1. The van der Waals surface area contributed by atoms with E-state index in [1.807, 2.05) is 24.3 Å². The van der Waals surface area contributed by atoms with Gasteiger partial charge >= 0.3 is 5.97 Å². The molecule has 36 heavy (non-hydrogen) atoms. The Kier molecular flexibility index (Phi) is 7.99. The van der Waals surface area contributed by atoms with Crippen LogP contribution in [0, 0.1) is 11.8 Å². The number of rotatable bonds is 12. The average Bonchev–Trinajstić information content (AvgIpc) is 3.51. The third-order valence-corrected chi connectivity index (χ3v) is 9.95. The van der Waals surface area contributed by atoms with E-state index in [-0.39, 0.29) is 30.2 Å². The molecule has 1 aromatic rings. The van der Waals surface area contributed by atoms with Gasteiger partial charge in [0, 0.05) is 49.4 Å². The molecule has 2 N–H and O–H groups in total. The zero-order valence-electron chi connectivity index (χ0n) is 21.1. The molecule has 4 rings (SSSR count). The van der Waals surface area contributed by atoms with Crippen molar-refractivity contribution in [3.05, 3.63) is 36.9 Å². The van der Waals surface area contributed by atoms with Gasteiger partial charge in [-0.15, -0.1) is 18.3 Å². The lowest BCUT2D eigenvalue weighted by atomic mass is 9.71. The second-order valence-corrected chi connectivity index (χ2v) is 11.4. The number of amides is 2. The molecule has 1 aromatic carbocycles. The first kappa shape index (κ1) is 26.5. The third kappa shape index (κ3) is 4.30. The molecule has 0 radical (unpaired) electrons. The molecule has 3 fully saturated rings. The number of carbonyl (C=O) groups is 3. The minimum atomic E-state index is -0.953. The van der Waals surface area contributed by atoms with Gasteiger partial charge in [-0.25, -0.2) is 0 Å². The predicted molar refractivity (Wildman–Crippen MR) is 142 cm³/mol. The van der Waals surface area contributed by atoms with Gasteiger partial charge < -0.3 is 24.9 Å². The van der Waals surface area contributed by atoms with E-state index in [0.717, 1.165) is 24.5 Å². The van der Waals surface area contributed by atoms with Gasteiger partial charge in [0.25, 0.3) is 5.91 Å². The maximum atomic E-state index is 14.3. The van der Waals surface area contributed by atoms with Gasteiger partial charge in [0.1, 0.15) is 6.04 Å². The highest BCUT2D eigenvalue weighted by atomic mass is 32.2. The first-order valence-corrected chi connectivity index (χ1v) is 13.8. The molecule has 196 valence electrons. The summed E-state index contributed by atoms with van der Waals surface area (Å²) in [5, 5.41) is 19.1. The van der Waals surface area contributed by atoms with Crippen molar-refractivity contribution < 1.29 is 24.6 Å². The molecule has 2 unspecified atom stereocenters. The Balaban J connectivity index is 1.71. The molecule has 2 amide bonds. The highest BCUT2D eigenvalue weighted by Gasteiger charge is 2.73. The molecule has 0 saturated carbocycles. The second-order valence-electron chi connectivity index (χ2n) is 9.78. The molecule has 8 nitrogen and oxygen atoms in total. The van der Waals surface area contributed by atoms with Crippen LogP contribution in [0.25, 0.3) is 0 Å². The summed E-state index contributed by atoms with van der Waals surface area (Å²) in [7, 11) is 0. The van der Waals surface area contributed by atoms with Crippen LogP contribution in [0.4, 0.5) is 11.4 Å². The molecule has 0 aromatic heterocycles. The van der Waals surface area contributed by atoms with Crippen LogP contribution in [0.5, 0.6) is 0 Å². The summed E-state index contributed by atoms with van der Waals surface area (Å²) in [5.74, 6) is -2.84. The van der Waals surface area contributed by atoms with Crippen molar-refractivity contribution in [2.24, 2.45) is 11.8 Å². The number of anilines is 2. The van der Waals surface area contributed by atoms with E-state index in [2.05, 4.69) is 25.3 Å². The number of unbranched alkanes of at least 4 members (excludes halogenated alkanes) is 1. The largest absolute Gasteiger partial charge is 0.481 e. The summed E-state index contributed by atoms with van der Waals surface area (Å²) in [5.41, 5.74) is 1.80. The highest BCUT2D eigenvalue weighted by Crippen LogP contribution is 2.66. The SMILES string of the molecule is C=CCN(C(=O)C1N(CCCCO)C(=O)[C@@H]2[C@@H](C(=O)O)[C@H]3CCC12S3)c1ccc(N(CC)CC)cc1. The molecular weight excluding hydrogens is 478 g/mol. The van der Waals surface area contributed by atoms with Gasteiger partial charge in [-0.2, -0.15) is 0 Å². The summed E-state index contributed by atoms with van der Waals surface area (Å²) in [4.78, 5) is 45.7. The number of aliphatic hydroxyl groups excluding tert-OH is 1. The van der Waals surface area contributed by atoms with Crippen LogP contribution < -0.4 is 9.80 Å². The Bertz CT molecular complexity index is 998. The minimum Gasteiger partial charge on any atom is -0.481 e. The van der Waals surface area contributed by atoms with E-state index < -0.39 is 28.6 Å². The molecule has 1 spiro atoms. The molecule has 5 atom stereocenters. The third-order valence-electron chi connectivity index (χ3n) is 7.99. The minimum absolute atomic E-state index is 0.00522. The summed E-state index contributed by atoms with van der Waals surface area (Å²) < 4.78 is -0.734. The number of thioether (sulfide) groups is 1. The molecule has 2 bridgehead atoms. The van der Waals surface area contributed by atoms with Crippen molar-refractivity contribution >= 4 is 40.9 Å². The van der Waals surface area contributed by atoms with Crippen molar-refractivity contribution in [2.45, 2.75) is 55.6 Å². The van der Waals surface area contributed by atoms with E-state index in [9.17, 15) is 24.6 Å². The maximum absolute atomic E-state index is 14.3. The van der Waals surface area contributed by atoms with E-state index in [0.29, 0.717) is 32.2 Å². The second kappa shape index (κ2) is 10.8. The van der Waals surface area contributed by atoms with Crippen LogP contribution in [-0.4, -0.2) is 81.7 Å². The number of hydrogen-bond acceptors (Lipinski definition) is 6. The first-order chi connectivity index (χ1) is 17.3. The normalized spacial score (nSPS) is 28.3. The van der Waals surface area contributed by atoms with Crippen LogP contribution in [-0.2, 0) is 14.4 Å². The number of carboxylic acids is 1. The number of aliphatic carboxylic acids is 1. The molecule has 9 heteroatoms. The van der Waals surface area contributed by atoms with Crippen molar-refractivity contribution in [3.8, 4) is 0 Å². The number of likely N-dealkylation sites (tertiary alicyclic amines) is 1. The monoisotopic (exact) mass is 515 g/mol. The van der Waals surface area contributed by atoms with Gasteiger partial charge in [0.05, 0.1) is 16.6 Å². The summed E-state index contributed by atoms with van der Waals surface area (Å²) in [6.07, 6.45) is 4.10. The number of benzene rings is 1. The van der Waals surface area contributed by atoms with E-state index >= 15 is 0 Å². The topological polar surface area (TPSA) is 101 Å². The number of fused-ring (bicyclic) bond motifs is 1. The fraction of sp³-hybridized carbons (Fsp3) is 0.593. The average molecular weight is 516 g/mol. The fourth-order valence-corrected chi connectivity index (χ4v) is 8.59. The van der Waals surface area contributed by atoms with Crippen LogP contribution in [0.15, 0.2) is 36.9 Å². The van der Waals surface area contributed by atoms with Gasteiger partial charge in [0.15, 0.2) is 0 Å². The lowest BCUT2D eigenvalue weighted by Gasteiger charge is -2.37. The smallest absolute Gasteiger partial charge is 0.308 e. The summed E-state index contributed by atoms with van der Waals surface area (Å²) in [6, 6.07) is 7.12. The van der Waals surface area contributed by atoms with Crippen LogP contribution in [0.3, 0.4) is 0 Å². The number of nitrogens with zero attached hydrogens (tertiary/aromatic N) is 3. The van der Waals surface area contributed by atoms with Crippen molar-refractivity contribution in [3.63, 3.8) is 0 Å². The Morgan fingerprint density at radius 2 is 1.86 bits per heavy atom. The van der Waals surface area contributed by atoms with Crippen molar-refractivity contribution in [2.75, 3.05) is 42.6 Å².